The molecule has 0 bridgehead atoms. The Bertz CT molecular complexity index is 1830. The minimum absolute atomic E-state index is 0.00943. The number of nitrogens with one attached hydrogen (secondary N) is 2. The Balaban J connectivity index is 0.000000704. The third-order valence-corrected chi connectivity index (χ3v) is 8.61. The molecule has 19 heteroatoms. The molecule has 17 nitrogen and oxygen atoms in total. The number of carbonyl (C=O) groups excluding carboxylic acids is 7. The second kappa shape index (κ2) is 25.0. The van der Waals surface area contributed by atoms with E-state index < -0.39 is 66.8 Å². The van der Waals surface area contributed by atoms with Gasteiger partial charge in [0.05, 0.1) is 26.2 Å². The van der Waals surface area contributed by atoms with Gasteiger partial charge in [-0.05, 0) is 52.2 Å². The highest BCUT2D eigenvalue weighted by Crippen LogP contribution is 2.24. The molecular formula is C39H48Cl2N3O14+. The van der Waals surface area contributed by atoms with Crippen molar-refractivity contribution < 1.29 is 66.5 Å². The Kier molecular flexibility index (Phi) is 20.9. The number of alkyl halides is 1. The molecule has 0 aliphatic carbocycles. The number of methoxy groups -OCH3 is 2. The first-order valence-corrected chi connectivity index (χ1v) is 18.6. The minimum atomic E-state index is -1.69. The van der Waals surface area contributed by atoms with Crippen molar-refractivity contribution in [2.24, 2.45) is 17.8 Å². The van der Waals surface area contributed by atoms with Crippen LogP contribution >= 0.6 is 23.2 Å². The third-order valence-electron chi connectivity index (χ3n) is 8.26. The Morgan fingerprint density at radius 1 is 0.879 bits per heavy atom. The number of aliphatic hydroxyl groups is 1. The molecule has 3 rings (SSSR count). The van der Waals surface area contributed by atoms with Gasteiger partial charge in [0.2, 0.25) is 12.6 Å². The first-order chi connectivity index (χ1) is 27.5. The lowest BCUT2D eigenvalue weighted by atomic mass is 9.93. The van der Waals surface area contributed by atoms with Crippen LogP contribution in [0.2, 0.25) is 5.02 Å². The molecule has 3 N–H and O–H groups in total. The first kappa shape index (κ1) is 48.6. The molecule has 0 spiro atoms. The Morgan fingerprint density at radius 3 is 2.10 bits per heavy atom. The van der Waals surface area contributed by atoms with Gasteiger partial charge in [0.1, 0.15) is 12.5 Å². The van der Waals surface area contributed by atoms with Crippen molar-refractivity contribution in [3.8, 4) is 17.0 Å². The molecule has 0 radical (unpaired) electrons. The van der Waals surface area contributed by atoms with E-state index in [0.29, 0.717) is 5.02 Å². The number of hydrogen-bond donors (Lipinski definition) is 3. The number of hydrogen-bond acceptors (Lipinski definition) is 14. The fourth-order valence-corrected chi connectivity index (χ4v) is 5.37. The lowest BCUT2D eigenvalue weighted by molar-refractivity contribution is -0.369. The summed E-state index contributed by atoms with van der Waals surface area (Å²) in [6.07, 6.45) is -2.58. The summed E-state index contributed by atoms with van der Waals surface area (Å²) >= 11 is 11.4. The summed E-state index contributed by atoms with van der Waals surface area (Å²) in [4.78, 5) is 71.5. The number of ether oxygens (including phenoxy) is 5. The van der Waals surface area contributed by atoms with Crippen molar-refractivity contribution >= 4 is 65.9 Å². The maximum Gasteiger partial charge on any atom is 0.580 e. The van der Waals surface area contributed by atoms with E-state index in [4.69, 9.17) is 41.9 Å². The molecule has 58 heavy (non-hydrogen) atoms. The number of nitrogens with zero attached hydrogens (tertiary/aromatic N) is 1. The van der Waals surface area contributed by atoms with Crippen LogP contribution in [0.1, 0.15) is 56.7 Å². The largest absolute Gasteiger partial charge is 0.580 e. The van der Waals surface area contributed by atoms with Crippen LogP contribution in [-0.4, -0.2) is 98.2 Å². The zero-order chi connectivity index (χ0) is 43.4. The quantitative estimate of drug-likeness (QED) is 0.0484. The van der Waals surface area contributed by atoms with Crippen LogP contribution in [0.3, 0.4) is 0 Å². The smallest absolute Gasteiger partial charge is 0.479 e. The molecule has 0 saturated carbocycles. The predicted octanol–water partition coefficient (Wildman–Crippen LogP) is 4.80. The van der Waals surface area contributed by atoms with E-state index >= 15 is 0 Å². The van der Waals surface area contributed by atoms with Crippen molar-refractivity contribution in [2.45, 2.75) is 65.1 Å². The van der Waals surface area contributed by atoms with Gasteiger partial charge in [-0.25, -0.2) is 14.4 Å². The van der Waals surface area contributed by atoms with Crippen LogP contribution in [0, 0.1) is 17.8 Å². The maximum atomic E-state index is 12.9. The zero-order valence-electron chi connectivity index (χ0n) is 32.9. The zero-order valence-corrected chi connectivity index (χ0v) is 34.4. The number of benzene rings is 2. The maximum absolute atomic E-state index is 12.9. The third kappa shape index (κ3) is 16.5. The minimum Gasteiger partial charge on any atom is -0.479 e. The van der Waals surface area contributed by atoms with Crippen LogP contribution < -0.4 is 15.4 Å². The molecule has 4 atom stereocenters. The van der Waals surface area contributed by atoms with Gasteiger partial charge in [-0.3, -0.25) is 14.0 Å². The number of alkyl carbamates (subject to hydrolysis) is 1. The number of esters is 3. The highest BCUT2D eigenvalue weighted by Gasteiger charge is 2.32. The van der Waals surface area contributed by atoms with E-state index in [1.165, 1.54) is 13.2 Å². The first-order valence-electron chi connectivity index (χ1n) is 17.7. The van der Waals surface area contributed by atoms with E-state index in [1.807, 2.05) is 56.3 Å². The number of aromatic nitrogens is 1. The summed E-state index contributed by atoms with van der Waals surface area (Å²) in [6.45, 7) is 9.15. The van der Waals surface area contributed by atoms with Crippen LogP contribution in [0.4, 0.5) is 4.79 Å². The molecular weight excluding hydrogens is 805 g/mol. The number of carbonyl (C=O) groups is 6. The topological polar surface area (TPSA) is 230 Å². The molecule has 0 unspecified atom stereocenters. The van der Waals surface area contributed by atoms with Crippen LogP contribution in [-0.2, 0) is 49.0 Å². The average Bonchev–Trinajstić information content (AvgIpc) is 3.69. The number of aliphatic hydroxyl groups excluding tert-OH is 1. The second-order valence-corrected chi connectivity index (χ2v) is 13.8. The Labute approximate surface area is 345 Å². The van der Waals surface area contributed by atoms with Gasteiger partial charge in [0.25, 0.3) is 11.8 Å². The SMILES string of the molecule is C=[O+]C(=O)C[C@H](C(=O)OCCl)C(C)C.COC(=O)N[C@H](C(=O)OCOC(=O)[C@H](O)C[C@@H](Cc1ccc(-c2cccc(Cl)c2)cc1)NC(=O)c1cc(OC)no1)C(C)C. The molecule has 1 heterocycles. The van der Waals surface area contributed by atoms with Gasteiger partial charge in [0, 0.05) is 22.3 Å². The molecule has 3 aromatic rings. The van der Waals surface area contributed by atoms with E-state index in [1.54, 1.807) is 19.9 Å². The van der Waals surface area contributed by atoms with Crippen molar-refractivity contribution in [1.29, 1.82) is 0 Å². The van der Waals surface area contributed by atoms with Gasteiger partial charge in [0.15, 0.2) is 19.0 Å². The Hall–Kier alpha value is -5.52. The van der Waals surface area contributed by atoms with Crippen LogP contribution in [0.25, 0.3) is 11.1 Å². The predicted molar refractivity (Wildman–Crippen MR) is 209 cm³/mol. The summed E-state index contributed by atoms with van der Waals surface area (Å²) < 4.78 is 33.2. The molecule has 0 saturated heterocycles. The molecule has 2 amide bonds. The molecule has 1 aromatic heterocycles. The molecule has 316 valence electrons. The van der Waals surface area contributed by atoms with Crippen molar-refractivity contribution in [3.63, 3.8) is 0 Å². The molecule has 2 aromatic carbocycles. The van der Waals surface area contributed by atoms with Gasteiger partial charge < -0.3 is 43.9 Å². The highest BCUT2D eigenvalue weighted by molar-refractivity contribution is 6.30. The fraction of sp³-hybridized carbons (Fsp3) is 0.436. The number of halogens is 2. The number of amides is 2. The summed E-state index contributed by atoms with van der Waals surface area (Å²) in [5.41, 5.74) is 2.64. The molecule has 0 aliphatic heterocycles. The van der Waals surface area contributed by atoms with Gasteiger partial charge in [-0.1, -0.05) is 87.3 Å². The summed E-state index contributed by atoms with van der Waals surface area (Å²) in [5.74, 6) is -4.53. The standard InChI is InChI=1S/C30H34ClN3O10.C9H14ClO4/c1-17(2)26(33-30(39)41-4)29(38)43-16-42-28(37)23(35)14-22(32-27(36)24-15-25(40-3)34-44-24)12-18-8-10-19(11-9-18)20-6-5-7-21(31)13-20;1-6(2)7(4-8(11)13-3)9(12)14-5-10/h5-11,13,15,17,22-23,26,35H,12,14,16H2,1-4H3,(H,32,36)(H,33,39);6-7H,3-5H2,1-2H3/q;+1/t22-,23-,26+;7-/m10/s1. The monoisotopic (exact) mass is 852 g/mol. The Morgan fingerprint density at radius 2 is 1.55 bits per heavy atom. The van der Waals surface area contributed by atoms with Crippen LogP contribution in [0.5, 0.6) is 5.88 Å². The normalized spacial score (nSPS) is 12.7. The van der Waals surface area contributed by atoms with Crippen molar-refractivity contribution in [1.82, 2.24) is 15.8 Å². The summed E-state index contributed by atoms with van der Waals surface area (Å²) in [6, 6.07) is 14.1. The van der Waals surface area contributed by atoms with Gasteiger partial charge in [-0.2, -0.15) is 0 Å². The van der Waals surface area contributed by atoms with Crippen molar-refractivity contribution in [2.75, 3.05) is 27.1 Å². The van der Waals surface area contributed by atoms with E-state index in [0.717, 1.165) is 23.8 Å². The van der Waals surface area contributed by atoms with Gasteiger partial charge >= 0.3 is 30.0 Å². The lowest BCUT2D eigenvalue weighted by Gasteiger charge is -2.22. The van der Waals surface area contributed by atoms with Crippen LogP contribution in [0.15, 0.2) is 59.1 Å². The second-order valence-electron chi connectivity index (χ2n) is 13.1. The average molecular weight is 854 g/mol. The van der Waals surface area contributed by atoms with Gasteiger partial charge in [-0.15, -0.1) is 0 Å². The highest BCUT2D eigenvalue weighted by atomic mass is 35.5. The fourth-order valence-electron chi connectivity index (χ4n) is 5.07. The summed E-state index contributed by atoms with van der Waals surface area (Å²) in [5, 5.41) is 19.9. The summed E-state index contributed by atoms with van der Waals surface area (Å²) in [7, 11) is 2.52. The molecule has 0 aliphatic rings. The van der Waals surface area contributed by atoms with E-state index in [2.05, 4.69) is 36.5 Å². The number of rotatable bonds is 19. The van der Waals surface area contributed by atoms with Crippen molar-refractivity contribution in [3.05, 3.63) is 70.9 Å². The van der Waals surface area contributed by atoms with E-state index in [9.17, 15) is 33.9 Å². The van der Waals surface area contributed by atoms with E-state index in [-0.39, 0.29) is 48.8 Å². The molecule has 0 fully saturated rings. The lowest BCUT2D eigenvalue weighted by Crippen LogP contribution is -2.45.